The van der Waals surface area contributed by atoms with E-state index in [4.69, 9.17) is 4.74 Å². The lowest BCUT2D eigenvalue weighted by atomic mass is 9.56. The van der Waals surface area contributed by atoms with Crippen LogP contribution in [0.15, 0.2) is 23.3 Å². The predicted octanol–water partition coefficient (Wildman–Crippen LogP) is 2.26. The smallest absolute Gasteiger partial charge is 0.191 e. The van der Waals surface area contributed by atoms with Gasteiger partial charge in [0.2, 0.25) is 0 Å². The molecule has 0 aromatic carbocycles. The molecule has 22 heavy (non-hydrogen) atoms. The Morgan fingerprint density at radius 1 is 1.45 bits per heavy atom. The molecule has 2 unspecified atom stereocenters. The van der Waals surface area contributed by atoms with Gasteiger partial charge in [-0.3, -0.25) is 9.98 Å². The molecule has 0 spiro atoms. The van der Waals surface area contributed by atoms with Crippen molar-refractivity contribution in [1.82, 2.24) is 15.6 Å². The summed E-state index contributed by atoms with van der Waals surface area (Å²) in [5, 5.41) is 6.85. The van der Waals surface area contributed by atoms with Crippen molar-refractivity contribution < 1.29 is 4.74 Å². The number of guanidine groups is 1. The highest BCUT2D eigenvalue weighted by Crippen LogP contribution is 2.51. The lowest BCUT2D eigenvalue weighted by Gasteiger charge is -2.59. The fourth-order valence-electron chi connectivity index (χ4n) is 2.95. The third-order valence-corrected chi connectivity index (χ3v) is 5.35. The van der Waals surface area contributed by atoms with E-state index >= 15 is 0 Å². The molecule has 2 N–H and O–H groups in total. The molecule has 5 heteroatoms. The summed E-state index contributed by atoms with van der Waals surface area (Å²) in [4.78, 5) is 8.72. The van der Waals surface area contributed by atoms with Crippen LogP contribution in [0, 0.1) is 12.3 Å². The molecule has 1 saturated carbocycles. The monoisotopic (exact) mass is 304 g/mol. The molecule has 1 aliphatic carbocycles. The zero-order valence-corrected chi connectivity index (χ0v) is 14.5. The van der Waals surface area contributed by atoms with Crippen molar-refractivity contribution in [2.75, 3.05) is 14.2 Å². The second-order valence-electron chi connectivity index (χ2n) is 6.75. The van der Waals surface area contributed by atoms with E-state index in [1.54, 1.807) is 14.2 Å². The van der Waals surface area contributed by atoms with Gasteiger partial charge in [0.1, 0.15) is 0 Å². The number of nitrogens with one attached hydrogen (secondary N) is 2. The predicted molar refractivity (Wildman–Crippen MR) is 89.9 cm³/mol. The molecule has 1 aliphatic rings. The molecular formula is C17H28N4O. The van der Waals surface area contributed by atoms with E-state index in [0.29, 0.717) is 12.6 Å². The minimum absolute atomic E-state index is 0.0558. The fraction of sp³-hybridized carbons (Fsp3) is 0.647. The quantitative estimate of drug-likeness (QED) is 0.662. The number of hydrogen-bond donors (Lipinski definition) is 2. The molecule has 1 heterocycles. The molecule has 0 saturated heterocycles. The fourth-order valence-corrected chi connectivity index (χ4v) is 2.95. The molecule has 2 rings (SSSR count). The first-order valence-corrected chi connectivity index (χ1v) is 7.77. The minimum atomic E-state index is -0.0823. The zero-order valence-electron chi connectivity index (χ0n) is 14.5. The SMILES string of the molecule is CN=C(NCc1ncccc1C)NC1CC(C)(OC)C1(C)C. The second-order valence-corrected chi connectivity index (χ2v) is 6.75. The summed E-state index contributed by atoms with van der Waals surface area (Å²) >= 11 is 0. The molecule has 122 valence electrons. The Bertz CT molecular complexity index is 555. The highest BCUT2D eigenvalue weighted by molar-refractivity contribution is 5.80. The Kier molecular flexibility index (Phi) is 4.75. The molecule has 0 aliphatic heterocycles. The van der Waals surface area contributed by atoms with E-state index in [0.717, 1.165) is 18.1 Å². The van der Waals surface area contributed by atoms with Crippen LogP contribution in [0.5, 0.6) is 0 Å². The van der Waals surface area contributed by atoms with Gasteiger partial charge in [-0.1, -0.05) is 19.9 Å². The van der Waals surface area contributed by atoms with Crippen LogP contribution in [0.2, 0.25) is 0 Å². The molecule has 1 aromatic heterocycles. The molecular weight excluding hydrogens is 276 g/mol. The zero-order chi connectivity index (χ0) is 16.4. The number of rotatable bonds is 4. The van der Waals surface area contributed by atoms with Crippen LogP contribution in [-0.4, -0.2) is 36.7 Å². The van der Waals surface area contributed by atoms with E-state index < -0.39 is 0 Å². The summed E-state index contributed by atoms with van der Waals surface area (Å²) in [5.41, 5.74) is 2.20. The Hall–Kier alpha value is -1.62. The van der Waals surface area contributed by atoms with Crippen LogP contribution in [0.1, 0.15) is 38.4 Å². The van der Waals surface area contributed by atoms with E-state index in [9.17, 15) is 0 Å². The normalized spacial score (nSPS) is 27.2. The van der Waals surface area contributed by atoms with Crippen LogP contribution in [0.25, 0.3) is 0 Å². The van der Waals surface area contributed by atoms with Crippen LogP contribution in [0.3, 0.4) is 0 Å². The average Bonchev–Trinajstić information content (AvgIpc) is 2.51. The molecule has 2 atom stereocenters. The van der Waals surface area contributed by atoms with Crippen LogP contribution in [0.4, 0.5) is 0 Å². The third kappa shape index (κ3) is 2.95. The highest BCUT2D eigenvalue weighted by atomic mass is 16.5. The molecule has 0 radical (unpaired) electrons. The van der Waals surface area contributed by atoms with Gasteiger partial charge in [0.05, 0.1) is 17.8 Å². The van der Waals surface area contributed by atoms with Gasteiger partial charge in [-0.2, -0.15) is 0 Å². The number of ether oxygens (including phenoxy) is 1. The lowest BCUT2D eigenvalue weighted by molar-refractivity contribution is -0.176. The summed E-state index contributed by atoms with van der Waals surface area (Å²) in [6.07, 6.45) is 2.79. The maximum Gasteiger partial charge on any atom is 0.191 e. The largest absolute Gasteiger partial charge is 0.378 e. The third-order valence-electron chi connectivity index (χ3n) is 5.35. The first-order valence-electron chi connectivity index (χ1n) is 7.77. The Labute approximate surface area is 133 Å². The molecule has 5 nitrogen and oxygen atoms in total. The van der Waals surface area contributed by atoms with E-state index in [2.05, 4.69) is 54.4 Å². The maximum atomic E-state index is 5.67. The van der Waals surface area contributed by atoms with Crippen molar-refractivity contribution in [3.05, 3.63) is 29.6 Å². The van der Waals surface area contributed by atoms with Crippen LogP contribution < -0.4 is 10.6 Å². The Morgan fingerprint density at radius 2 is 2.18 bits per heavy atom. The summed E-state index contributed by atoms with van der Waals surface area (Å²) in [5.74, 6) is 0.807. The van der Waals surface area contributed by atoms with Gasteiger partial charge in [0, 0.05) is 31.8 Å². The van der Waals surface area contributed by atoms with Crippen LogP contribution >= 0.6 is 0 Å². The van der Waals surface area contributed by atoms with Gasteiger partial charge in [0.15, 0.2) is 5.96 Å². The van der Waals surface area contributed by atoms with E-state index in [1.807, 2.05) is 12.3 Å². The van der Waals surface area contributed by atoms with Crippen molar-refractivity contribution in [1.29, 1.82) is 0 Å². The number of aryl methyl sites for hydroxylation is 1. The topological polar surface area (TPSA) is 58.5 Å². The van der Waals surface area contributed by atoms with Gasteiger partial charge in [-0.15, -0.1) is 0 Å². The van der Waals surface area contributed by atoms with Gasteiger partial charge >= 0.3 is 0 Å². The second kappa shape index (κ2) is 6.24. The Balaban J connectivity index is 1.94. The van der Waals surface area contributed by atoms with E-state index in [1.165, 1.54) is 5.56 Å². The molecule has 1 fully saturated rings. The first-order chi connectivity index (χ1) is 10.3. The van der Waals surface area contributed by atoms with Crippen molar-refractivity contribution in [3.8, 4) is 0 Å². The standard InChI is InChI=1S/C17H28N4O/c1-12-8-7-9-19-13(12)11-20-15(18-5)21-14-10-17(4,22-6)16(14,2)3/h7-9,14H,10-11H2,1-6H3,(H2,18,20,21). The summed E-state index contributed by atoms with van der Waals surface area (Å²) in [7, 11) is 3.58. The number of pyridine rings is 1. The van der Waals surface area contributed by atoms with Crippen molar-refractivity contribution in [2.45, 2.75) is 52.3 Å². The molecule has 0 amide bonds. The average molecular weight is 304 g/mol. The van der Waals surface area contributed by atoms with Crippen molar-refractivity contribution in [3.63, 3.8) is 0 Å². The van der Waals surface area contributed by atoms with E-state index in [-0.39, 0.29) is 11.0 Å². The number of nitrogens with zero attached hydrogens (tertiary/aromatic N) is 2. The van der Waals surface area contributed by atoms with Gasteiger partial charge in [-0.25, -0.2) is 0 Å². The van der Waals surface area contributed by atoms with Crippen LogP contribution in [-0.2, 0) is 11.3 Å². The minimum Gasteiger partial charge on any atom is -0.378 e. The highest BCUT2D eigenvalue weighted by Gasteiger charge is 2.58. The summed E-state index contributed by atoms with van der Waals surface area (Å²) < 4.78 is 5.67. The van der Waals surface area contributed by atoms with Crippen molar-refractivity contribution in [2.24, 2.45) is 10.4 Å². The van der Waals surface area contributed by atoms with Gasteiger partial charge in [-0.05, 0) is 31.9 Å². The molecule has 1 aromatic rings. The van der Waals surface area contributed by atoms with Gasteiger partial charge < -0.3 is 15.4 Å². The summed E-state index contributed by atoms with van der Waals surface area (Å²) in [6.45, 7) is 9.36. The maximum absolute atomic E-state index is 5.67. The number of methoxy groups -OCH3 is 1. The number of aromatic nitrogens is 1. The number of hydrogen-bond acceptors (Lipinski definition) is 3. The first kappa shape index (κ1) is 16.7. The van der Waals surface area contributed by atoms with Gasteiger partial charge in [0.25, 0.3) is 0 Å². The Morgan fingerprint density at radius 3 is 2.73 bits per heavy atom. The number of aliphatic imine (C=N–C) groups is 1. The summed E-state index contributed by atoms with van der Waals surface area (Å²) in [6, 6.07) is 4.36. The van der Waals surface area contributed by atoms with Crippen molar-refractivity contribution >= 4 is 5.96 Å². The molecule has 0 bridgehead atoms. The lowest BCUT2D eigenvalue weighted by Crippen LogP contribution is -2.69.